The number of nitrogens with one attached hydrogen (secondary N) is 2. The molecule has 2 aliphatic rings. The van der Waals surface area contributed by atoms with Crippen molar-refractivity contribution in [3.8, 4) is 22.5 Å². The smallest absolute Gasteiger partial charge is 0.253 e. The van der Waals surface area contributed by atoms with E-state index >= 15 is 0 Å². The molecular weight excluding hydrogens is 322 g/mol. The zero-order valence-corrected chi connectivity index (χ0v) is 14.6. The molecule has 1 amide bonds. The van der Waals surface area contributed by atoms with Crippen LogP contribution < -0.4 is 5.32 Å². The molecule has 0 unspecified atom stereocenters. The van der Waals surface area contributed by atoms with Gasteiger partial charge in [0.25, 0.3) is 5.91 Å². The molecule has 1 fully saturated rings. The van der Waals surface area contributed by atoms with Gasteiger partial charge in [0, 0.05) is 41.7 Å². The number of carbonyl (C=O) groups excluding carboxylic acids is 1. The molecule has 1 saturated carbocycles. The molecule has 0 radical (unpaired) electrons. The Labute approximate surface area is 152 Å². The number of amides is 1. The average Bonchev–Trinajstić information content (AvgIpc) is 3.37. The minimum atomic E-state index is 0.00859. The number of H-pyrrole nitrogens is 1. The topological polar surface area (TPSA) is 57.8 Å². The predicted molar refractivity (Wildman–Crippen MR) is 102 cm³/mol. The molecule has 1 aromatic carbocycles. The van der Waals surface area contributed by atoms with Crippen molar-refractivity contribution < 1.29 is 4.79 Å². The summed E-state index contributed by atoms with van der Waals surface area (Å²) < 4.78 is 0. The van der Waals surface area contributed by atoms with Crippen molar-refractivity contribution in [2.24, 2.45) is 5.92 Å². The van der Waals surface area contributed by atoms with Gasteiger partial charge in [0.15, 0.2) is 0 Å². The lowest BCUT2D eigenvalue weighted by Crippen LogP contribution is -2.31. The number of aromatic nitrogens is 2. The lowest BCUT2D eigenvalue weighted by molar-refractivity contribution is 0.0946. The Kier molecular flexibility index (Phi) is 3.63. The van der Waals surface area contributed by atoms with Crippen LogP contribution in [0.4, 0.5) is 0 Å². The third-order valence-electron chi connectivity index (χ3n) is 5.35. The summed E-state index contributed by atoms with van der Waals surface area (Å²) in [5.74, 6) is 0.910. The van der Waals surface area contributed by atoms with E-state index in [2.05, 4.69) is 45.6 Å². The van der Waals surface area contributed by atoms with Gasteiger partial charge in [-0.25, -0.2) is 0 Å². The van der Waals surface area contributed by atoms with Crippen LogP contribution in [0.15, 0.2) is 48.7 Å². The van der Waals surface area contributed by atoms with Gasteiger partial charge in [0.2, 0.25) is 0 Å². The molecule has 26 heavy (non-hydrogen) atoms. The van der Waals surface area contributed by atoms with Crippen molar-refractivity contribution >= 4 is 5.91 Å². The standard InChI is InChI=1S/C22H21N3O/c26-22-18-13-21(25-19(18)8-10-24-22)17-7-9-23-20(12-17)16-5-3-15(4-6-16)11-14-1-2-14/h3-7,9,12-14,25H,1-2,8,10-11H2,(H,24,26). The van der Waals surface area contributed by atoms with E-state index < -0.39 is 0 Å². The number of fused-ring (bicyclic) bond motifs is 1. The summed E-state index contributed by atoms with van der Waals surface area (Å²) in [5.41, 5.74) is 7.30. The zero-order chi connectivity index (χ0) is 17.5. The summed E-state index contributed by atoms with van der Waals surface area (Å²) in [6, 6.07) is 14.8. The highest BCUT2D eigenvalue weighted by Gasteiger charge is 2.21. The molecular formula is C22H21N3O. The molecule has 2 aromatic heterocycles. The van der Waals surface area contributed by atoms with E-state index in [0.29, 0.717) is 6.54 Å². The number of aromatic amines is 1. The van der Waals surface area contributed by atoms with Gasteiger partial charge in [-0.15, -0.1) is 0 Å². The minimum absolute atomic E-state index is 0.00859. The Balaban J connectivity index is 1.44. The van der Waals surface area contributed by atoms with Crippen LogP contribution in [-0.2, 0) is 12.8 Å². The van der Waals surface area contributed by atoms with Crippen molar-refractivity contribution in [2.75, 3.05) is 6.54 Å². The first-order valence-electron chi connectivity index (χ1n) is 9.32. The average molecular weight is 343 g/mol. The van der Waals surface area contributed by atoms with Crippen molar-refractivity contribution in [2.45, 2.75) is 25.7 Å². The second-order valence-corrected chi connectivity index (χ2v) is 7.36. The van der Waals surface area contributed by atoms with E-state index in [1.807, 2.05) is 18.3 Å². The monoisotopic (exact) mass is 343 g/mol. The van der Waals surface area contributed by atoms with Crippen LogP contribution in [0.25, 0.3) is 22.5 Å². The predicted octanol–water partition coefficient (Wildman–Crippen LogP) is 3.98. The quantitative estimate of drug-likeness (QED) is 0.753. The molecule has 5 rings (SSSR count). The maximum Gasteiger partial charge on any atom is 0.253 e. The molecule has 2 N–H and O–H groups in total. The molecule has 1 aliphatic carbocycles. The van der Waals surface area contributed by atoms with Crippen molar-refractivity contribution in [3.63, 3.8) is 0 Å². The van der Waals surface area contributed by atoms with Gasteiger partial charge in [-0.1, -0.05) is 24.3 Å². The highest BCUT2D eigenvalue weighted by molar-refractivity contribution is 5.97. The molecule has 0 bridgehead atoms. The van der Waals surface area contributed by atoms with Gasteiger partial charge in [0.1, 0.15) is 0 Å². The largest absolute Gasteiger partial charge is 0.358 e. The van der Waals surface area contributed by atoms with E-state index in [0.717, 1.165) is 46.1 Å². The molecule has 0 atom stereocenters. The fourth-order valence-corrected chi connectivity index (χ4v) is 3.67. The molecule has 0 saturated heterocycles. The number of nitrogens with zero attached hydrogens (tertiary/aromatic N) is 1. The first-order chi connectivity index (χ1) is 12.8. The van der Waals surface area contributed by atoms with E-state index in [-0.39, 0.29) is 5.91 Å². The van der Waals surface area contributed by atoms with Crippen LogP contribution in [0.3, 0.4) is 0 Å². The summed E-state index contributed by atoms with van der Waals surface area (Å²) in [4.78, 5) is 19.9. The van der Waals surface area contributed by atoms with Crippen LogP contribution in [0, 0.1) is 5.92 Å². The van der Waals surface area contributed by atoms with Gasteiger partial charge in [0.05, 0.1) is 11.3 Å². The van der Waals surface area contributed by atoms with Crippen molar-refractivity contribution in [3.05, 3.63) is 65.5 Å². The highest BCUT2D eigenvalue weighted by atomic mass is 16.1. The lowest BCUT2D eigenvalue weighted by atomic mass is 10.0. The van der Waals surface area contributed by atoms with Crippen LogP contribution in [0.2, 0.25) is 0 Å². The van der Waals surface area contributed by atoms with E-state index in [1.54, 1.807) is 0 Å². The fraction of sp³-hybridized carbons (Fsp3) is 0.273. The highest BCUT2D eigenvalue weighted by Crippen LogP contribution is 2.33. The van der Waals surface area contributed by atoms with Crippen molar-refractivity contribution in [1.29, 1.82) is 0 Å². The number of pyridine rings is 1. The van der Waals surface area contributed by atoms with Crippen LogP contribution >= 0.6 is 0 Å². The number of benzene rings is 1. The molecule has 0 spiro atoms. The Morgan fingerprint density at radius 2 is 1.88 bits per heavy atom. The van der Waals surface area contributed by atoms with Crippen LogP contribution in [0.1, 0.15) is 34.5 Å². The molecule has 1 aliphatic heterocycles. The molecule has 3 aromatic rings. The Hall–Kier alpha value is -2.88. The first-order valence-corrected chi connectivity index (χ1v) is 9.32. The van der Waals surface area contributed by atoms with E-state index in [9.17, 15) is 4.79 Å². The minimum Gasteiger partial charge on any atom is -0.358 e. The fourth-order valence-electron chi connectivity index (χ4n) is 3.67. The second kappa shape index (κ2) is 6.13. The normalized spacial score (nSPS) is 16.2. The number of carbonyl (C=O) groups is 1. The molecule has 130 valence electrons. The first kappa shape index (κ1) is 15.4. The van der Waals surface area contributed by atoms with E-state index in [4.69, 9.17) is 0 Å². The maximum absolute atomic E-state index is 12.0. The molecule has 4 heteroatoms. The van der Waals surface area contributed by atoms with Gasteiger partial charge in [-0.2, -0.15) is 0 Å². The molecule has 3 heterocycles. The number of hydrogen-bond donors (Lipinski definition) is 2. The number of rotatable bonds is 4. The number of hydrogen-bond acceptors (Lipinski definition) is 2. The second-order valence-electron chi connectivity index (χ2n) is 7.36. The Morgan fingerprint density at radius 3 is 2.65 bits per heavy atom. The van der Waals surface area contributed by atoms with Crippen LogP contribution in [0.5, 0.6) is 0 Å². The summed E-state index contributed by atoms with van der Waals surface area (Å²) in [6.45, 7) is 0.695. The summed E-state index contributed by atoms with van der Waals surface area (Å²) in [7, 11) is 0. The maximum atomic E-state index is 12.0. The summed E-state index contributed by atoms with van der Waals surface area (Å²) in [5, 5.41) is 2.89. The van der Waals surface area contributed by atoms with Crippen LogP contribution in [-0.4, -0.2) is 22.4 Å². The molecule has 4 nitrogen and oxygen atoms in total. The Bertz CT molecular complexity index is 967. The zero-order valence-electron chi connectivity index (χ0n) is 14.6. The lowest BCUT2D eigenvalue weighted by Gasteiger charge is -2.11. The van der Waals surface area contributed by atoms with Gasteiger partial charge in [-0.3, -0.25) is 9.78 Å². The van der Waals surface area contributed by atoms with Gasteiger partial charge >= 0.3 is 0 Å². The SMILES string of the molecule is O=C1NCCc2[nH]c(-c3ccnc(-c4ccc(CC5CC5)cc4)c3)cc21. The van der Waals surface area contributed by atoms with Gasteiger partial charge < -0.3 is 10.3 Å². The third-order valence-corrected chi connectivity index (χ3v) is 5.35. The third kappa shape index (κ3) is 2.92. The van der Waals surface area contributed by atoms with Crippen molar-refractivity contribution in [1.82, 2.24) is 15.3 Å². The summed E-state index contributed by atoms with van der Waals surface area (Å²) in [6.07, 6.45) is 6.64. The summed E-state index contributed by atoms with van der Waals surface area (Å²) >= 11 is 0. The van der Waals surface area contributed by atoms with E-state index in [1.165, 1.54) is 24.8 Å². The Morgan fingerprint density at radius 1 is 1.04 bits per heavy atom. The van der Waals surface area contributed by atoms with Gasteiger partial charge in [-0.05, 0) is 48.9 Å².